The molecule has 3 rings (SSSR count). The number of methoxy groups -OCH3 is 3. The molecule has 0 radical (unpaired) electrons. The number of urea groups is 1. The average molecular weight is 522 g/mol. The summed E-state index contributed by atoms with van der Waals surface area (Å²) < 4.78 is 16.1. The molecule has 2 saturated heterocycles. The number of aliphatic carboxylic acids is 2. The predicted octanol–water partition coefficient (Wildman–Crippen LogP) is 0.214. The molecule has 37 heavy (non-hydrogen) atoms. The number of carboxylic acids is 2. The summed E-state index contributed by atoms with van der Waals surface area (Å²) in [6, 6.07) is 5.24. The number of nitriles is 1. The normalized spacial score (nSPS) is 16.5. The first kappa shape index (κ1) is 29.0. The van der Waals surface area contributed by atoms with E-state index in [2.05, 4.69) is 11.4 Å². The van der Waals surface area contributed by atoms with Crippen LogP contribution < -0.4 is 24.4 Å². The summed E-state index contributed by atoms with van der Waals surface area (Å²) in [6.45, 7) is 2.88. The van der Waals surface area contributed by atoms with E-state index in [9.17, 15) is 9.59 Å². The van der Waals surface area contributed by atoms with Crippen LogP contribution in [0.1, 0.15) is 12.8 Å². The van der Waals surface area contributed by atoms with Crippen molar-refractivity contribution < 1.29 is 43.6 Å². The zero-order chi connectivity index (χ0) is 27.5. The Hall–Kier alpha value is -4.25. The van der Waals surface area contributed by atoms with E-state index in [0.29, 0.717) is 55.7 Å². The largest absolute Gasteiger partial charge is 0.493 e. The summed E-state index contributed by atoms with van der Waals surface area (Å²) in [4.78, 5) is 48.4. The molecule has 1 atom stereocenters. The predicted molar refractivity (Wildman–Crippen MR) is 129 cm³/mol. The molecular formula is C23H31N5O9. The highest BCUT2D eigenvalue weighted by molar-refractivity contribution is 6.27. The van der Waals surface area contributed by atoms with Gasteiger partial charge in [-0.3, -0.25) is 9.69 Å². The Labute approximate surface area is 213 Å². The summed E-state index contributed by atoms with van der Waals surface area (Å²) in [6.07, 6.45) is 1.60. The fourth-order valence-corrected chi connectivity index (χ4v) is 3.96. The molecule has 3 amide bonds. The van der Waals surface area contributed by atoms with Gasteiger partial charge in [-0.2, -0.15) is 5.26 Å². The molecule has 0 aromatic heterocycles. The second kappa shape index (κ2) is 13.7. The number of nitrogens with one attached hydrogen (secondary N) is 1. The highest BCUT2D eigenvalue weighted by Crippen LogP contribution is 2.41. The van der Waals surface area contributed by atoms with Gasteiger partial charge in [0, 0.05) is 44.9 Å². The van der Waals surface area contributed by atoms with Gasteiger partial charge in [0.2, 0.25) is 11.7 Å². The Kier molecular flexibility index (Phi) is 10.8. The molecule has 0 unspecified atom stereocenters. The molecule has 14 heteroatoms. The third-order valence-corrected chi connectivity index (χ3v) is 5.80. The topological polar surface area (TPSA) is 182 Å². The molecule has 3 N–H and O–H groups in total. The lowest BCUT2D eigenvalue weighted by Gasteiger charge is -2.22. The quantitative estimate of drug-likeness (QED) is 0.298. The molecule has 0 saturated carbocycles. The van der Waals surface area contributed by atoms with Gasteiger partial charge in [0.25, 0.3) is 0 Å². The van der Waals surface area contributed by atoms with Crippen LogP contribution in [-0.4, -0.2) is 111 Å². The second-order valence-electron chi connectivity index (χ2n) is 7.97. The monoisotopic (exact) mass is 521 g/mol. The molecule has 0 aliphatic carbocycles. The third kappa shape index (κ3) is 7.37. The van der Waals surface area contributed by atoms with Crippen LogP contribution in [0.4, 0.5) is 10.5 Å². The molecule has 1 aromatic carbocycles. The van der Waals surface area contributed by atoms with Crippen molar-refractivity contribution >= 4 is 29.6 Å². The first-order chi connectivity index (χ1) is 17.7. The van der Waals surface area contributed by atoms with Gasteiger partial charge < -0.3 is 39.5 Å². The molecule has 1 aromatic rings. The lowest BCUT2D eigenvalue weighted by atomic mass is 10.2. The maximum Gasteiger partial charge on any atom is 0.414 e. The smallest absolute Gasteiger partial charge is 0.414 e. The lowest BCUT2D eigenvalue weighted by Crippen LogP contribution is -2.43. The number of amides is 3. The van der Waals surface area contributed by atoms with Crippen molar-refractivity contribution in [3.05, 3.63) is 12.1 Å². The fourth-order valence-electron chi connectivity index (χ4n) is 3.96. The Morgan fingerprint density at radius 2 is 1.68 bits per heavy atom. The molecule has 2 fully saturated rings. The first-order valence-electron chi connectivity index (χ1n) is 11.4. The van der Waals surface area contributed by atoms with Crippen molar-refractivity contribution in [3.63, 3.8) is 0 Å². The van der Waals surface area contributed by atoms with Gasteiger partial charge in [-0.25, -0.2) is 14.4 Å². The maximum atomic E-state index is 12.9. The minimum atomic E-state index is -1.82. The number of carbonyl (C=O) groups is 4. The van der Waals surface area contributed by atoms with E-state index in [1.807, 2.05) is 0 Å². The van der Waals surface area contributed by atoms with E-state index < -0.39 is 11.9 Å². The van der Waals surface area contributed by atoms with E-state index in [4.69, 9.17) is 39.3 Å². The minimum absolute atomic E-state index is 0.0733. The van der Waals surface area contributed by atoms with E-state index in [-0.39, 0.29) is 24.5 Å². The standard InChI is InChI=1S/C21H29N5O5.C2H2O4/c1-29-17-11-16(12-18(30-2)20(17)31-3)26-10-9-24(21(26)28)8-6-23-14-19(27)25-7-4-5-15(25)13-22;3-1(4)2(5)6/h11-12,15,23H,4-10,14H2,1-3H3;(H,3,4)(H,5,6)/t15-;/m0./s1. The molecule has 2 heterocycles. The summed E-state index contributed by atoms with van der Waals surface area (Å²) in [5.74, 6) is -2.27. The van der Waals surface area contributed by atoms with Crippen molar-refractivity contribution in [2.45, 2.75) is 18.9 Å². The minimum Gasteiger partial charge on any atom is -0.493 e. The molecule has 0 spiro atoms. The lowest BCUT2D eigenvalue weighted by molar-refractivity contribution is -0.159. The molecule has 14 nitrogen and oxygen atoms in total. The molecule has 202 valence electrons. The van der Waals surface area contributed by atoms with Gasteiger partial charge in [0.1, 0.15) is 6.04 Å². The van der Waals surface area contributed by atoms with Gasteiger partial charge in [0.05, 0.1) is 39.6 Å². The van der Waals surface area contributed by atoms with Crippen molar-refractivity contribution in [1.29, 1.82) is 5.26 Å². The van der Waals surface area contributed by atoms with Crippen molar-refractivity contribution in [2.24, 2.45) is 0 Å². The number of hydrogen-bond donors (Lipinski definition) is 3. The number of likely N-dealkylation sites (tertiary alicyclic amines) is 1. The average Bonchev–Trinajstić information content (AvgIpc) is 3.52. The van der Waals surface area contributed by atoms with Crippen molar-refractivity contribution in [2.75, 3.05) is 65.5 Å². The fraction of sp³-hybridized carbons (Fsp3) is 0.522. The zero-order valence-electron chi connectivity index (χ0n) is 20.9. The zero-order valence-corrected chi connectivity index (χ0v) is 20.9. The van der Waals surface area contributed by atoms with Gasteiger partial charge in [-0.15, -0.1) is 0 Å². The number of nitrogens with zero attached hydrogens (tertiary/aromatic N) is 4. The molecule has 0 bridgehead atoms. The number of rotatable bonds is 9. The van der Waals surface area contributed by atoms with Crippen LogP contribution in [0, 0.1) is 11.3 Å². The molecule has 2 aliphatic heterocycles. The number of ether oxygens (including phenoxy) is 3. The SMILES string of the molecule is COc1cc(N2CCN(CCNCC(=O)N3CCC[C@H]3C#N)C2=O)cc(OC)c1OC.O=C(O)C(=O)O. The van der Waals surface area contributed by atoms with Crippen molar-refractivity contribution in [3.8, 4) is 23.3 Å². The summed E-state index contributed by atoms with van der Waals surface area (Å²) in [5, 5.41) is 27.0. The number of carbonyl (C=O) groups excluding carboxylic acids is 2. The first-order valence-corrected chi connectivity index (χ1v) is 11.4. The van der Waals surface area contributed by atoms with Gasteiger partial charge in [-0.1, -0.05) is 0 Å². The third-order valence-electron chi connectivity index (χ3n) is 5.80. The maximum absolute atomic E-state index is 12.9. The number of carboxylic acid groups (broad SMARTS) is 2. The van der Waals surface area contributed by atoms with Gasteiger partial charge in [0.15, 0.2) is 11.5 Å². The van der Waals surface area contributed by atoms with Crippen LogP contribution in [0.5, 0.6) is 17.2 Å². The van der Waals surface area contributed by atoms with Crippen LogP contribution in [0.2, 0.25) is 0 Å². The molecular weight excluding hydrogens is 490 g/mol. The summed E-state index contributed by atoms with van der Waals surface area (Å²) >= 11 is 0. The van der Waals surface area contributed by atoms with Crippen LogP contribution in [-0.2, 0) is 14.4 Å². The van der Waals surface area contributed by atoms with Gasteiger partial charge >= 0.3 is 18.0 Å². The van der Waals surface area contributed by atoms with E-state index >= 15 is 0 Å². The Balaban J connectivity index is 0.000000717. The highest BCUT2D eigenvalue weighted by atomic mass is 16.5. The van der Waals surface area contributed by atoms with E-state index in [1.54, 1.807) is 26.8 Å². The highest BCUT2D eigenvalue weighted by Gasteiger charge is 2.31. The summed E-state index contributed by atoms with van der Waals surface area (Å²) in [7, 11) is 4.60. The number of anilines is 1. The number of hydrogen-bond acceptors (Lipinski definition) is 9. The van der Waals surface area contributed by atoms with Crippen LogP contribution in [0.3, 0.4) is 0 Å². The Morgan fingerprint density at radius 1 is 1.05 bits per heavy atom. The van der Waals surface area contributed by atoms with Crippen LogP contribution >= 0.6 is 0 Å². The van der Waals surface area contributed by atoms with E-state index in [0.717, 1.165) is 12.8 Å². The van der Waals surface area contributed by atoms with Gasteiger partial charge in [-0.05, 0) is 12.8 Å². The summed E-state index contributed by atoms with van der Waals surface area (Å²) in [5.41, 5.74) is 0.668. The van der Waals surface area contributed by atoms with Crippen LogP contribution in [0.15, 0.2) is 12.1 Å². The number of benzene rings is 1. The second-order valence-corrected chi connectivity index (χ2v) is 7.97. The van der Waals surface area contributed by atoms with Crippen molar-refractivity contribution in [1.82, 2.24) is 15.1 Å². The van der Waals surface area contributed by atoms with E-state index in [1.165, 1.54) is 21.3 Å². The molecule has 2 aliphatic rings. The Bertz CT molecular complexity index is 1000. The van der Waals surface area contributed by atoms with Crippen LogP contribution in [0.25, 0.3) is 0 Å². The Morgan fingerprint density at radius 3 is 2.19 bits per heavy atom.